The van der Waals surface area contributed by atoms with E-state index in [1.54, 1.807) is 6.07 Å². The summed E-state index contributed by atoms with van der Waals surface area (Å²) in [4.78, 5) is 11.6. The molecule has 0 saturated heterocycles. The number of hydrogen-bond donors (Lipinski definition) is 0. The van der Waals surface area contributed by atoms with Crippen LogP contribution in [0, 0.1) is 0 Å². The van der Waals surface area contributed by atoms with Gasteiger partial charge in [-0.15, -0.1) is 0 Å². The van der Waals surface area contributed by atoms with Gasteiger partial charge in [0.25, 0.3) is 0 Å². The number of rotatable bonds is 4. The molecule has 3 rings (SSSR count). The fraction of sp³-hybridized carbons (Fsp3) is 0.0526. The van der Waals surface area contributed by atoms with Crippen molar-refractivity contribution in [2.75, 3.05) is 0 Å². The zero-order valence-corrected chi connectivity index (χ0v) is 14.2. The van der Waals surface area contributed by atoms with Gasteiger partial charge in [-0.2, -0.15) is 4.57 Å². The zero-order valence-electron chi connectivity index (χ0n) is 13.4. The van der Waals surface area contributed by atoms with Crippen molar-refractivity contribution in [3.63, 3.8) is 0 Å². The number of benzene rings is 2. The first kappa shape index (κ1) is 18.5. The number of carbonyl (C=O) groups excluding carboxylic acids is 1. The molecular formula is C19H17NO4S. The molecule has 0 fully saturated rings. The number of Topliss-reactive ketones (excluding diaryl/α,β-unsaturated/α-hetero) is 1. The average molecular weight is 355 g/mol. The summed E-state index contributed by atoms with van der Waals surface area (Å²) in [5.74, 6) is 0.131. The van der Waals surface area contributed by atoms with Crippen LogP contribution in [0.4, 0.5) is 0 Å². The number of carbonyl (C=O) groups is 1. The molecule has 0 aliphatic rings. The third-order valence-electron chi connectivity index (χ3n) is 3.23. The summed E-state index contributed by atoms with van der Waals surface area (Å²) >= 11 is 0. The van der Waals surface area contributed by atoms with Gasteiger partial charge in [-0.1, -0.05) is 54.6 Å². The van der Waals surface area contributed by atoms with Crippen LogP contribution >= 0.6 is 0 Å². The minimum absolute atomic E-state index is 0.131. The molecule has 0 saturated carbocycles. The largest absolute Gasteiger partial charge is 0.744 e. The highest BCUT2D eigenvalue weighted by Crippen LogP contribution is 2.05. The van der Waals surface area contributed by atoms with Crippen LogP contribution in [0.2, 0.25) is 0 Å². The lowest BCUT2D eigenvalue weighted by Gasteiger charge is -2.04. The lowest BCUT2D eigenvalue weighted by molar-refractivity contribution is -0.683. The molecule has 128 valence electrons. The highest BCUT2D eigenvalue weighted by atomic mass is 32.2. The molecule has 0 spiro atoms. The Morgan fingerprint density at radius 2 is 1.28 bits per heavy atom. The second-order valence-corrected chi connectivity index (χ2v) is 6.48. The maximum atomic E-state index is 11.8. The van der Waals surface area contributed by atoms with Crippen LogP contribution in [-0.2, 0) is 16.7 Å². The van der Waals surface area contributed by atoms with Crippen LogP contribution < -0.4 is 4.57 Å². The van der Waals surface area contributed by atoms with Crippen LogP contribution in [0.5, 0.6) is 0 Å². The highest BCUT2D eigenvalue weighted by molar-refractivity contribution is 7.85. The molecule has 0 radical (unpaired) electrons. The van der Waals surface area contributed by atoms with Crippen molar-refractivity contribution in [3.8, 4) is 0 Å². The summed E-state index contributed by atoms with van der Waals surface area (Å²) in [6.45, 7) is 0.394. The molecule has 1 aromatic heterocycles. The number of nitrogens with zero attached hydrogens (tertiary/aromatic N) is 1. The van der Waals surface area contributed by atoms with E-state index in [9.17, 15) is 17.8 Å². The summed E-state index contributed by atoms with van der Waals surface area (Å²) in [6, 6.07) is 22.3. The molecule has 0 aliphatic carbocycles. The van der Waals surface area contributed by atoms with E-state index in [-0.39, 0.29) is 10.7 Å². The van der Waals surface area contributed by atoms with Crippen LogP contribution in [0.1, 0.15) is 10.4 Å². The number of pyridine rings is 1. The summed E-state index contributed by atoms with van der Waals surface area (Å²) < 4.78 is 32.7. The summed E-state index contributed by atoms with van der Waals surface area (Å²) in [6.07, 6.45) is 3.78. The minimum Gasteiger partial charge on any atom is -0.744 e. The van der Waals surface area contributed by atoms with Gasteiger partial charge in [-0.25, -0.2) is 8.42 Å². The van der Waals surface area contributed by atoms with Crippen molar-refractivity contribution in [2.45, 2.75) is 11.4 Å². The van der Waals surface area contributed by atoms with E-state index in [0.29, 0.717) is 6.54 Å². The third kappa shape index (κ3) is 6.29. The quantitative estimate of drug-likeness (QED) is 0.409. The highest BCUT2D eigenvalue weighted by Gasteiger charge is 2.10. The zero-order chi connectivity index (χ0) is 18.1. The average Bonchev–Trinajstić information content (AvgIpc) is 2.64. The van der Waals surface area contributed by atoms with E-state index < -0.39 is 10.1 Å². The Morgan fingerprint density at radius 3 is 1.76 bits per heavy atom. The van der Waals surface area contributed by atoms with Gasteiger partial charge in [0.15, 0.2) is 12.4 Å². The van der Waals surface area contributed by atoms with Gasteiger partial charge < -0.3 is 4.55 Å². The van der Waals surface area contributed by atoms with Gasteiger partial charge in [0, 0.05) is 17.7 Å². The Morgan fingerprint density at radius 1 is 0.800 bits per heavy atom. The molecule has 0 N–H and O–H groups in total. The Hall–Kier alpha value is -2.83. The summed E-state index contributed by atoms with van der Waals surface area (Å²) in [5.41, 5.74) is 0.758. The Balaban J connectivity index is 0.000000196. The fourth-order valence-electron chi connectivity index (χ4n) is 2.01. The van der Waals surface area contributed by atoms with Crippen molar-refractivity contribution in [1.29, 1.82) is 0 Å². The van der Waals surface area contributed by atoms with E-state index in [1.165, 1.54) is 24.3 Å². The van der Waals surface area contributed by atoms with Crippen LogP contribution in [0.25, 0.3) is 0 Å². The van der Waals surface area contributed by atoms with Gasteiger partial charge in [0.2, 0.25) is 12.3 Å². The Labute approximate surface area is 147 Å². The molecule has 0 bridgehead atoms. The molecule has 0 amide bonds. The molecular weight excluding hydrogens is 338 g/mol. The van der Waals surface area contributed by atoms with Gasteiger partial charge in [0.1, 0.15) is 10.1 Å². The van der Waals surface area contributed by atoms with Gasteiger partial charge in [0.05, 0.1) is 4.90 Å². The van der Waals surface area contributed by atoms with Crippen LogP contribution in [0.3, 0.4) is 0 Å². The van der Waals surface area contributed by atoms with Crippen LogP contribution in [-0.4, -0.2) is 18.8 Å². The lowest BCUT2D eigenvalue weighted by atomic mass is 10.1. The number of hydrogen-bond acceptors (Lipinski definition) is 4. The van der Waals surface area contributed by atoms with E-state index in [1.807, 2.05) is 65.5 Å². The van der Waals surface area contributed by atoms with Gasteiger partial charge in [-0.05, 0) is 12.1 Å². The van der Waals surface area contributed by atoms with E-state index in [2.05, 4.69) is 0 Å². The summed E-state index contributed by atoms with van der Waals surface area (Å²) in [7, 11) is -4.25. The second-order valence-electron chi connectivity index (χ2n) is 5.10. The maximum absolute atomic E-state index is 11.8. The molecule has 6 heteroatoms. The third-order valence-corrected chi connectivity index (χ3v) is 4.08. The fourth-order valence-corrected chi connectivity index (χ4v) is 2.50. The first-order chi connectivity index (χ1) is 12.0. The first-order valence-electron chi connectivity index (χ1n) is 7.50. The predicted molar refractivity (Wildman–Crippen MR) is 91.8 cm³/mol. The SMILES string of the molecule is O=C(C[n+]1ccccc1)c1ccccc1.O=S(=O)([O-])c1ccccc1. The monoisotopic (exact) mass is 355 g/mol. The van der Waals surface area contributed by atoms with Gasteiger partial charge in [-0.3, -0.25) is 4.79 Å². The molecule has 0 aliphatic heterocycles. The second kappa shape index (κ2) is 8.86. The smallest absolute Gasteiger partial charge is 0.227 e. The van der Waals surface area contributed by atoms with Crippen molar-refractivity contribution in [1.82, 2.24) is 0 Å². The minimum atomic E-state index is -4.25. The van der Waals surface area contributed by atoms with E-state index >= 15 is 0 Å². The normalized spacial score (nSPS) is 10.4. The molecule has 5 nitrogen and oxygen atoms in total. The standard InChI is InChI=1S/C13H12NO.C6H6O3S/c15-13(12-7-3-1-4-8-12)11-14-9-5-2-6-10-14;7-10(8,9)6-4-2-1-3-5-6/h1-10H,11H2;1-5H,(H,7,8,9)/q+1;/p-1. The molecule has 0 atom stereocenters. The summed E-state index contributed by atoms with van der Waals surface area (Å²) in [5, 5.41) is 0. The topological polar surface area (TPSA) is 78.1 Å². The van der Waals surface area contributed by atoms with E-state index in [4.69, 9.17) is 0 Å². The molecule has 25 heavy (non-hydrogen) atoms. The lowest BCUT2D eigenvalue weighted by Crippen LogP contribution is -2.36. The van der Waals surface area contributed by atoms with Crippen LogP contribution in [0.15, 0.2) is 96.2 Å². The van der Waals surface area contributed by atoms with Gasteiger partial charge >= 0.3 is 0 Å². The van der Waals surface area contributed by atoms with Crippen molar-refractivity contribution in [3.05, 3.63) is 96.8 Å². The number of ketones is 1. The van der Waals surface area contributed by atoms with Crippen molar-refractivity contribution < 1.29 is 22.3 Å². The van der Waals surface area contributed by atoms with E-state index in [0.717, 1.165) is 5.56 Å². The molecule has 1 heterocycles. The maximum Gasteiger partial charge on any atom is 0.227 e. The molecule has 2 aromatic carbocycles. The Bertz CT molecular complexity index is 896. The predicted octanol–water partition coefficient (Wildman–Crippen LogP) is 2.45. The van der Waals surface area contributed by atoms with Crippen molar-refractivity contribution in [2.24, 2.45) is 0 Å². The molecule has 0 unspecified atom stereocenters. The first-order valence-corrected chi connectivity index (χ1v) is 8.91. The molecule has 3 aromatic rings. The number of aromatic nitrogens is 1. The Kier molecular flexibility index (Phi) is 6.56. The van der Waals surface area contributed by atoms with Crippen molar-refractivity contribution >= 4 is 15.9 Å².